The van der Waals surface area contributed by atoms with E-state index in [1.165, 1.54) is 5.56 Å². The van der Waals surface area contributed by atoms with Gasteiger partial charge in [0, 0.05) is 5.33 Å². The first kappa shape index (κ1) is 9.59. The zero-order chi connectivity index (χ0) is 8.97. The lowest BCUT2D eigenvalue weighted by atomic mass is 10.2. The van der Waals surface area contributed by atoms with E-state index in [1.807, 2.05) is 19.1 Å². The number of hydrogen-bond acceptors (Lipinski definition) is 1. The average Bonchev–Trinajstić information content (AvgIpc) is 2.09. The van der Waals surface area contributed by atoms with Crippen LogP contribution in [0.15, 0.2) is 24.3 Å². The third kappa shape index (κ3) is 2.86. The Labute approximate surface area is 81.9 Å². The molecule has 12 heavy (non-hydrogen) atoms. The summed E-state index contributed by atoms with van der Waals surface area (Å²) in [5.74, 6) is 0.938. The van der Waals surface area contributed by atoms with E-state index in [1.54, 1.807) is 0 Å². The van der Waals surface area contributed by atoms with Crippen LogP contribution in [0.4, 0.5) is 0 Å². The molecule has 0 aliphatic rings. The van der Waals surface area contributed by atoms with Crippen molar-refractivity contribution in [3.8, 4) is 5.75 Å². The van der Waals surface area contributed by atoms with Gasteiger partial charge in [-0.25, -0.2) is 0 Å². The minimum Gasteiger partial charge on any atom is -0.490 e. The van der Waals surface area contributed by atoms with Crippen LogP contribution in [0.5, 0.6) is 5.75 Å². The van der Waals surface area contributed by atoms with E-state index in [9.17, 15) is 0 Å². The SMILES string of the molecule is Cc1ccc(O[C@H](C)CBr)cc1. The highest BCUT2D eigenvalue weighted by Gasteiger charge is 1.99. The van der Waals surface area contributed by atoms with Crippen molar-refractivity contribution >= 4 is 15.9 Å². The maximum Gasteiger partial charge on any atom is 0.119 e. The molecule has 0 saturated carbocycles. The number of hydrogen-bond donors (Lipinski definition) is 0. The van der Waals surface area contributed by atoms with Crippen molar-refractivity contribution in [2.24, 2.45) is 0 Å². The second kappa shape index (κ2) is 4.51. The van der Waals surface area contributed by atoms with E-state index in [-0.39, 0.29) is 6.10 Å². The van der Waals surface area contributed by atoms with Crippen LogP contribution in [0.2, 0.25) is 0 Å². The number of rotatable bonds is 3. The molecule has 2 heteroatoms. The van der Waals surface area contributed by atoms with E-state index >= 15 is 0 Å². The van der Waals surface area contributed by atoms with Gasteiger partial charge in [0.05, 0.1) is 0 Å². The summed E-state index contributed by atoms with van der Waals surface area (Å²) in [6.45, 7) is 4.10. The van der Waals surface area contributed by atoms with E-state index in [4.69, 9.17) is 4.74 Å². The van der Waals surface area contributed by atoms with Crippen molar-refractivity contribution in [2.45, 2.75) is 20.0 Å². The van der Waals surface area contributed by atoms with Crippen LogP contribution in [0.25, 0.3) is 0 Å². The molecule has 1 aromatic rings. The van der Waals surface area contributed by atoms with Gasteiger partial charge in [0.1, 0.15) is 11.9 Å². The van der Waals surface area contributed by atoms with Crippen LogP contribution in [0.3, 0.4) is 0 Å². The Bertz CT molecular complexity index is 230. The van der Waals surface area contributed by atoms with Gasteiger partial charge in [-0.05, 0) is 26.0 Å². The van der Waals surface area contributed by atoms with Crippen LogP contribution in [0, 0.1) is 6.92 Å². The second-order valence-electron chi connectivity index (χ2n) is 2.90. The van der Waals surface area contributed by atoms with E-state index < -0.39 is 0 Å². The van der Waals surface area contributed by atoms with Gasteiger partial charge in [-0.15, -0.1) is 0 Å². The van der Waals surface area contributed by atoms with Crippen molar-refractivity contribution in [1.82, 2.24) is 0 Å². The topological polar surface area (TPSA) is 9.23 Å². The lowest BCUT2D eigenvalue weighted by Gasteiger charge is -2.11. The van der Waals surface area contributed by atoms with Crippen molar-refractivity contribution in [1.29, 1.82) is 0 Å². The van der Waals surface area contributed by atoms with Crippen molar-refractivity contribution in [3.63, 3.8) is 0 Å². The molecule has 0 spiro atoms. The largest absolute Gasteiger partial charge is 0.490 e. The number of ether oxygens (including phenoxy) is 1. The van der Waals surface area contributed by atoms with Crippen LogP contribution >= 0.6 is 15.9 Å². The van der Waals surface area contributed by atoms with Gasteiger partial charge < -0.3 is 4.74 Å². The molecule has 0 bridgehead atoms. The van der Waals surface area contributed by atoms with Gasteiger partial charge in [0.25, 0.3) is 0 Å². The standard InChI is InChI=1S/C10H13BrO/c1-8-3-5-10(6-4-8)12-9(2)7-11/h3-6,9H,7H2,1-2H3/t9-/m1/s1. The Balaban J connectivity index is 2.58. The van der Waals surface area contributed by atoms with Crippen LogP contribution in [-0.4, -0.2) is 11.4 Å². The molecule has 0 heterocycles. The number of aryl methyl sites for hydroxylation is 1. The highest BCUT2D eigenvalue weighted by atomic mass is 79.9. The molecule has 0 aliphatic carbocycles. The summed E-state index contributed by atoms with van der Waals surface area (Å²) in [5.41, 5.74) is 1.26. The molecule has 66 valence electrons. The van der Waals surface area contributed by atoms with E-state index in [2.05, 4.69) is 35.0 Å². The summed E-state index contributed by atoms with van der Waals surface area (Å²) in [7, 11) is 0. The summed E-state index contributed by atoms with van der Waals surface area (Å²) >= 11 is 3.36. The van der Waals surface area contributed by atoms with Crippen LogP contribution in [0.1, 0.15) is 12.5 Å². The Morgan fingerprint density at radius 1 is 1.33 bits per heavy atom. The maximum absolute atomic E-state index is 5.57. The van der Waals surface area contributed by atoms with Crippen molar-refractivity contribution < 1.29 is 4.74 Å². The lowest BCUT2D eigenvalue weighted by molar-refractivity contribution is 0.248. The lowest BCUT2D eigenvalue weighted by Crippen LogP contribution is -2.12. The number of alkyl halides is 1. The zero-order valence-electron chi connectivity index (χ0n) is 7.38. The molecule has 1 nitrogen and oxygen atoms in total. The highest BCUT2D eigenvalue weighted by Crippen LogP contribution is 2.13. The zero-order valence-corrected chi connectivity index (χ0v) is 8.97. The fourth-order valence-corrected chi connectivity index (χ4v) is 1.01. The Hall–Kier alpha value is -0.500. The quantitative estimate of drug-likeness (QED) is 0.723. The average molecular weight is 229 g/mol. The Kier molecular flexibility index (Phi) is 3.60. The third-order valence-electron chi connectivity index (χ3n) is 1.58. The predicted octanol–water partition coefficient (Wildman–Crippen LogP) is 3.16. The molecule has 0 amide bonds. The Morgan fingerprint density at radius 2 is 1.92 bits per heavy atom. The molecular weight excluding hydrogens is 216 g/mol. The molecule has 0 N–H and O–H groups in total. The number of halogens is 1. The number of benzene rings is 1. The smallest absolute Gasteiger partial charge is 0.119 e. The summed E-state index contributed by atoms with van der Waals surface area (Å²) < 4.78 is 5.57. The summed E-state index contributed by atoms with van der Waals surface area (Å²) in [4.78, 5) is 0. The molecular formula is C10H13BrO. The minimum atomic E-state index is 0.229. The molecule has 0 saturated heterocycles. The van der Waals surface area contributed by atoms with Crippen LogP contribution in [-0.2, 0) is 0 Å². The first-order valence-corrected chi connectivity index (χ1v) is 5.14. The molecule has 0 fully saturated rings. The summed E-state index contributed by atoms with van der Waals surface area (Å²) in [6, 6.07) is 8.09. The maximum atomic E-state index is 5.57. The van der Waals surface area contributed by atoms with Crippen LogP contribution < -0.4 is 4.74 Å². The van der Waals surface area contributed by atoms with Gasteiger partial charge in [0.15, 0.2) is 0 Å². The summed E-state index contributed by atoms with van der Waals surface area (Å²) in [6.07, 6.45) is 0.229. The minimum absolute atomic E-state index is 0.229. The normalized spacial score (nSPS) is 12.6. The third-order valence-corrected chi connectivity index (χ3v) is 2.49. The Morgan fingerprint density at radius 3 is 2.42 bits per heavy atom. The van der Waals surface area contributed by atoms with Gasteiger partial charge in [0.2, 0.25) is 0 Å². The van der Waals surface area contributed by atoms with E-state index in [0.717, 1.165) is 11.1 Å². The van der Waals surface area contributed by atoms with Gasteiger partial charge in [-0.1, -0.05) is 33.6 Å². The molecule has 1 aromatic carbocycles. The molecule has 1 atom stereocenters. The molecule has 1 rings (SSSR count). The predicted molar refractivity (Wildman–Crippen MR) is 55.1 cm³/mol. The van der Waals surface area contributed by atoms with E-state index in [0.29, 0.717) is 0 Å². The first-order chi connectivity index (χ1) is 5.72. The fourth-order valence-electron chi connectivity index (χ4n) is 0.881. The second-order valence-corrected chi connectivity index (χ2v) is 3.54. The highest BCUT2D eigenvalue weighted by molar-refractivity contribution is 9.09. The van der Waals surface area contributed by atoms with Gasteiger partial charge in [-0.3, -0.25) is 0 Å². The molecule has 0 aliphatic heterocycles. The van der Waals surface area contributed by atoms with Gasteiger partial charge in [-0.2, -0.15) is 0 Å². The fraction of sp³-hybridized carbons (Fsp3) is 0.400. The monoisotopic (exact) mass is 228 g/mol. The van der Waals surface area contributed by atoms with Gasteiger partial charge >= 0.3 is 0 Å². The van der Waals surface area contributed by atoms with Crippen molar-refractivity contribution in [2.75, 3.05) is 5.33 Å². The molecule has 0 unspecified atom stereocenters. The molecule has 0 aromatic heterocycles. The first-order valence-electron chi connectivity index (χ1n) is 4.01. The summed E-state index contributed by atoms with van der Waals surface area (Å²) in [5, 5.41) is 0.862. The van der Waals surface area contributed by atoms with Crippen molar-refractivity contribution in [3.05, 3.63) is 29.8 Å². The molecule has 0 radical (unpaired) electrons.